The summed E-state index contributed by atoms with van der Waals surface area (Å²) >= 11 is 9.31. The van der Waals surface area contributed by atoms with Gasteiger partial charge in [0, 0.05) is 26.4 Å². The summed E-state index contributed by atoms with van der Waals surface area (Å²) in [7, 11) is 0. The molecule has 0 radical (unpaired) electrons. The fraction of sp³-hybridized carbons (Fsp3) is 0.0714. The molecule has 3 nitrogen and oxygen atoms in total. The van der Waals surface area contributed by atoms with Crippen LogP contribution in [0.4, 0.5) is 11.4 Å². The van der Waals surface area contributed by atoms with E-state index in [0.717, 1.165) is 10.0 Å². The van der Waals surface area contributed by atoms with Crippen molar-refractivity contribution in [3.05, 3.63) is 57.0 Å². The first kappa shape index (κ1) is 13.9. The molecule has 0 aliphatic carbocycles. The number of hydrogen-bond donors (Lipinski definition) is 2. The Kier molecular flexibility index (Phi) is 4.12. The van der Waals surface area contributed by atoms with Gasteiger partial charge in [-0.15, -0.1) is 0 Å². The lowest BCUT2D eigenvalue weighted by Crippen LogP contribution is -2.13. The van der Waals surface area contributed by atoms with Gasteiger partial charge in [-0.25, -0.2) is 0 Å². The molecule has 2 aromatic rings. The summed E-state index contributed by atoms with van der Waals surface area (Å²) in [4.78, 5) is 12.2. The molecule has 0 heterocycles. The van der Waals surface area contributed by atoms with Crippen molar-refractivity contribution in [3.63, 3.8) is 0 Å². The van der Waals surface area contributed by atoms with Crippen molar-refractivity contribution in [1.82, 2.24) is 0 Å². The van der Waals surface area contributed by atoms with E-state index in [9.17, 15) is 4.79 Å². The molecule has 3 N–H and O–H groups in total. The van der Waals surface area contributed by atoms with Gasteiger partial charge in [-0.3, -0.25) is 4.79 Å². The Hall–Kier alpha value is -1.52. The van der Waals surface area contributed by atoms with Crippen molar-refractivity contribution < 1.29 is 4.79 Å². The van der Waals surface area contributed by atoms with Crippen LogP contribution in [-0.4, -0.2) is 5.91 Å². The van der Waals surface area contributed by atoms with Gasteiger partial charge in [0.25, 0.3) is 5.91 Å². The summed E-state index contributed by atoms with van der Waals surface area (Å²) in [5.41, 5.74) is 8.29. The zero-order valence-electron chi connectivity index (χ0n) is 10.2. The minimum Gasteiger partial charge on any atom is -0.398 e. The largest absolute Gasteiger partial charge is 0.398 e. The Morgan fingerprint density at radius 3 is 2.74 bits per heavy atom. The molecule has 2 rings (SSSR count). The number of benzene rings is 2. The lowest BCUT2D eigenvalue weighted by molar-refractivity contribution is 0.102. The molecule has 0 aliphatic heterocycles. The van der Waals surface area contributed by atoms with Crippen molar-refractivity contribution in [3.8, 4) is 0 Å². The first-order valence-electron chi connectivity index (χ1n) is 5.60. The molecule has 0 spiro atoms. The van der Waals surface area contributed by atoms with E-state index in [1.165, 1.54) is 0 Å². The molecule has 19 heavy (non-hydrogen) atoms. The van der Waals surface area contributed by atoms with E-state index in [1.807, 2.05) is 6.92 Å². The third-order valence-electron chi connectivity index (χ3n) is 2.77. The van der Waals surface area contributed by atoms with Crippen LogP contribution in [0.2, 0.25) is 5.02 Å². The molecule has 0 atom stereocenters. The van der Waals surface area contributed by atoms with E-state index in [0.29, 0.717) is 22.0 Å². The van der Waals surface area contributed by atoms with Crippen LogP contribution in [0.25, 0.3) is 0 Å². The number of rotatable bonds is 2. The summed E-state index contributed by atoms with van der Waals surface area (Å²) in [6.45, 7) is 1.81. The number of carbonyl (C=O) groups excluding carboxylic acids is 1. The number of amides is 1. The van der Waals surface area contributed by atoms with Gasteiger partial charge in [0.15, 0.2) is 0 Å². The number of nitrogen functional groups attached to an aromatic ring is 1. The lowest BCUT2D eigenvalue weighted by Gasteiger charge is -2.09. The molecule has 0 saturated carbocycles. The van der Waals surface area contributed by atoms with Crippen LogP contribution in [0.3, 0.4) is 0 Å². The zero-order valence-corrected chi connectivity index (χ0v) is 12.5. The lowest BCUT2D eigenvalue weighted by atomic mass is 10.1. The molecule has 0 bridgehead atoms. The van der Waals surface area contributed by atoms with E-state index in [1.54, 1.807) is 36.4 Å². The van der Waals surface area contributed by atoms with E-state index >= 15 is 0 Å². The fourth-order valence-electron chi connectivity index (χ4n) is 1.67. The fourth-order valence-corrected chi connectivity index (χ4v) is 2.09. The summed E-state index contributed by atoms with van der Waals surface area (Å²) in [5, 5.41) is 3.37. The molecular formula is C14H12BrClN2O. The van der Waals surface area contributed by atoms with Crippen LogP contribution in [0, 0.1) is 6.92 Å². The standard InChI is InChI=1S/C14H12BrClN2O/c1-8-10(3-2-4-12(8)16)14(19)18-9-5-6-11(15)13(17)7-9/h2-7H,17H2,1H3,(H,18,19). The van der Waals surface area contributed by atoms with Crippen molar-refractivity contribution in [1.29, 1.82) is 0 Å². The second-order valence-electron chi connectivity index (χ2n) is 4.10. The van der Waals surface area contributed by atoms with Crippen molar-refractivity contribution in [2.24, 2.45) is 0 Å². The number of carbonyl (C=O) groups is 1. The maximum absolute atomic E-state index is 12.2. The minimum absolute atomic E-state index is 0.207. The molecule has 1 amide bonds. The highest BCUT2D eigenvalue weighted by Crippen LogP contribution is 2.24. The van der Waals surface area contributed by atoms with E-state index < -0.39 is 0 Å². The van der Waals surface area contributed by atoms with Gasteiger partial charge in [-0.05, 0) is 58.7 Å². The van der Waals surface area contributed by atoms with Crippen LogP contribution < -0.4 is 11.1 Å². The van der Waals surface area contributed by atoms with Gasteiger partial charge in [-0.2, -0.15) is 0 Å². The highest BCUT2D eigenvalue weighted by atomic mass is 79.9. The van der Waals surface area contributed by atoms with Gasteiger partial charge in [0.1, 0.15) is 0 Å². The molecular weight excluding hydrogens is 328 g/mol. The summed E-state index contributed by atoms with van der Waals surface area (Å²) < 4.78 is 0.796. The molecule has 5 heteroatoms. The van der Waals surface area contributed by atoms with Gasteiger partial charge in [0.05, 0.1) is 0 Å². The Morgan fingerprint density at radius 1 is 1.32 bits per heavy atom. The Bertz CT molecular complexity index is 643. The van der Waals surface area contributed by atoms with Gasteiger partial charge >= 0.3 is 0 Å². The average Bonchev–Trinajstić information content (AvgIpc) is 2.37. The smallest absolute Gasteiger partial charge is 0.255 e. The normalized spacial score (nSPS) is 10.3. The van der Waals surface area contributed by atoms with E-state index in [2.05, 4.69) is 21.2 Å². The predicted octanol–water partition coefficient (Wildman–Crippen LogP) is 4.25. The SMILES string of the molecule is Cc1c(Cl)cccc1C(=O)Nc1ccc(Br)c(N)c1. The quantitative estimate of drug-likeness (QED) is 0.804. The molecule has 0 saturated heterocycles. The Balaban J connectivity index is 2.26. The Labute approximate surface area is 124 Å². The molecule has 0 aromatic heterocycles. The van der Waals surface area contributed by atoms with Crippen LogP contribution in [0.1, 0.15) is 15.9 Å². The molecule has 0 fully saturated rings. The maximum Gasteiger partial charge on any atom is 0.255 e. The van der Waals surface area contributed by atoms with Crippen molar-refractivity contribution in [2.45, 2.75) is 6.92 Å². The number of nitrogens with two attached hydrogens (primary N) is 1. The second-order valence-corrected chi connectivity index (χ2v) is 5.36. The minimum atomic E-state index is -0.207. The van der Waals surface area contributed by atoms with Crippen molar-refractivity contribution in [2.75, 3.05) is 11.1 Å². The molecule has 2 aromatic carbocycles. The number of anilines is 2. The van der Waals surface area contributed by atoms with Crippen LogP contribution in [-0.2, 0) is 0 Å². The van der Waals surface area contributed by atoms with Gasteiger partial charge < -0.3 is 11.1 Å². The van der Waals surface area contributed by atoms with Crippen LogP contribution in [0.5, 0.6) is 0 Å². The molecule has 0 unspecified atom stereocenters. The van der Waals surface area contributed by atoms with Gasteiger partial charge in [0.2, 0.25) is 0 Å². The second kappa shape index (κ2) is 5.63. The number of nitrogens with one attached hydrogen (secondary N) is 1. The Morgan fingerprint density at radius 2 is 2.05 bits per heavy atom. The summed E-state index contributed by atoms with van der Waals surface area (Å²) in [5.74, 6) is -0.207. The highest BCUT2D eigenvalue weighted by Gasteiger charge is 2.11. The molecule has 0 aliphatic rings. The third kappa shape index (κ3) is 3.08. The number of halogens is 2. The molecule has 98 valence electrons. The first-order chi connectivity index (χ1) is 8.99. The first-order valence-corrected chi connectivity index (χ1v) is 6.77. The van der Waals surface area contributed by atoms with Crippen molar-refractivity contribution >= 4 is 44.8 Å². The van der Waals surface area contributed by atoms with Gasteiger partial charge in [-0.1, -0.05) is 17.7 Å². The number of hydrogen-bond acceptors (Lipinski definition) is 2. The third-order valence-corrected chi connectivity index (χ3v) is 3.90. The predicted molar refractivity (Wildman–Crippen MR) is 82.7 cm³/mol. The zero-order chi connectivity index (χ0) is 14.0. The highest BCUT2D eigenvalue weighted by molar-refractivity contribution is 9.10. The van der Waals surface area contributed by atoms with E-state index in [4.69, 9.17) is 17.3 Å². The monoisotopic (exact) mass is 338 g/mol. The maximum atomic E-state index is 12.2. The summed E-state index contributed by atoms with van der Waals surface area (Å²) in [6, 6.07) is 10.5. The summed E-state index contributed by atoms with van der Waals surface area (Å²) in [6.07, 6.45) is 0. The van der Waals surface area contributed by atoms with Crippen LogP contribution >= 0.6 is 27.5 Å². The topological polar surface area (TPSA) is 55.1 Å². The average molecular weight is 340 g/mol. The van der Waals surface area contributed by atoms with Crippen LogP contribution in [0.15, 0.2) is 40.9 Å². The van der Waals surface area contributed by atoms with E-state index in [-0.39, 0.29) is 5.91 Å².